The number of anilines is 2. The number of hydrogen-bond acceptors (Lipinski definition) is 6. The van der Waals surface area contributed by atoms with Crippen molar-refractivity contribution in [1.29, 1.82) is 0 Å². The largest absolute Gasteiger partial charge is 0.454 e. The van der Waals surface area contributed by atoms with Crippen molar-refractivity contribution in [2.75, 3.05) is 18.7 Å². The third kappa shape index (κ3) is 2.25. The van der Waals surface area contributed by atoms with Crippen molar-refractivity contribution in [3.8, 4) is 11.5 Å². The quantitative estimate of drug-likeness (QED) is 0.884. The smallest absolute Gasteiger partial charge is 0.231 e. The van der Waals surface area contributed by atoms with Crippen molar-refractivity contribution in [2.24, 2.45) is 5.73 Å². The Morgan fingerprint density at radius 2 is 2.22 bits per heavy atom. The molecule has 1 aliphatic heterocycles. The lowest BCUT2D eigenvalue weighted by Gasteiger charge is -2.03. The zero-order valence-electron chi connectivity index (χ0n) is 9.68. The molecule has 0 unspecified atom stereocenters. The molecule has 1 aliphatic rings. The fraction of sp³-hybridized carbons (Fsp3) is 0.250. The minimum Gasteiger partial charge on any atom is -0.454 e. The number of benzene rings is 1. The first kappa shape index (κ1) is 11.3. The monoisotopic (exact) mass is 263 g/mol. The first-order chi connectivity index (χ1) is 8.85. The maximum Gasteiger partial charge on any atom is 0.231 e. The Labute approximate surface area is 109 Å². The molecule has 0 spiro atoms. The normalized spacial score (nSPS) is 12.7. The number of ether oxygens (including phenoxy) is 2. The van der Waals surface area contributed by atoms with Crippen LogP contribution in [0.4, 0.5) is 10.8 Å². The summed E-state index contributed by atoms with van der Waals surface area (Å²) in [4.78, 5) is 4.44. The Morgan fingerprint density at radius 3 is 3.11 bits per heavy atom. The van der Waals surface area contributed by atoms with Gasteiger partial charge in [0.15, 0.2) is 16.6 Å². The third-order valence-corrected chi connectivity index (χ3v) is 3.38. The molecule has 0 saturated carbocycles. The highest BCUT2D eigenvalue weighted by Gasteiger charge is 2.13. The lowest BCUT2D eigenvalue weighted by atomic mass is 10.3. The minimum atomic E-state index is 0.288. The average molecular weight is 263 g/mol. The van der Waals surface area contributed by atoms with E-state index in [-0.39, 0.29) is 6.79 Å². The molecule has 5 nitrogen and oxygen atoms in total. The summed E-state index contributed by atoms with van der Waals surface area (Å²) in [5, 5.41) is 6.12. The number of thiazole rings is 1. The molecule has 18 heavy (non-hydrogen) atoms. The highest BCUT2D eigenvalue weighted by Crippen LogP contribution is 2.35. The van der Waals surface area contributed by atoms with Gasteiger partial charge in [-0.15, -0.1) is 11.3 Å². The summed E-state index contributed by atoms with van der Waals surface area (Å²) >= 11 is 1.57. The van der Waals surface area contributed by atoms with Gasteiger partial charge in [0.2, 0.25) is 6.79 Å². The van der Waals surface area contributed by atoms with Crippen molar-refractivity contribution in [3.05, 3.63) is 29.3 Å². The first-order valence-electron chi connectivity index (χ1n) is 5.66. The number of rotatable bonds is 4. The Bertz CT molecular complexity index is 556. The lowest BCUT2D eigenvalue weighted by molar-refractivity contribution is 0.174. The molecule has 6 heteroatoms. The molecule has 2 heterocycles. The molecule has 1 aromatic carbocycles. The van der Waals surface area contributed by atoms with Gasteiger partial charge in [-0.1, -0.05) is 0 Å². The van der Waals surface area contributed by atoms with E-state index in [0.717, 1.165) is 34.4 Å². The van der Waals surface area contributed by atoms with Gasteiger partial charge in [0.05, 0.1) is 5.69 Å². The molecule has 3 N–H and O–H groups in total. The van der Waals surface area contributed by atoms with Crippen molar-refractivity contribution < 1.29 is 9.47 Å². The van der Waals surface area contributed by atoms with Crippen molar-refractivity contribution in [2.45, 2.75) is 6.42 Å². The van der Waals surface area contributed by atoms with Gasteiger partial charge in [0.1, 0.15) is 0 Å². The zero-order valence-corrected chi connectivity index (χ0v) is 10.5. The van der Waals surface area contributed by atoms with Crippen LogP contribution in [0.2, 0.25) is 0 Å². The van der Waals surface area contributed by atoms with Crippen molar-refractivity contribution in [1.82, 2.24) is 4.98 Å². The van der Waals surface area contributed by atoms with Crippen LogP contribution in [0.15, 0.2) is 23.6 Å². The van der Waals surface area contributed by atoms with Gasteiger partial charge in [-0.2, -0.15) is 0 Å². The fourth-order valence-corrected chi connectivity index (χ4v) is 2.49. The maximum atomic E-state index is 5.50. The Hall–Kier alpha value is -1.79. The standard InChI is InChI=1S/C12H13N3O2S/c13-4-3-9-6-18-12(15-9)14-8-1-2-10-11(5-8)17-7-16-10/h1-2,5-6H,3-4,7,13H2,(H,14,15). The van der Waals surface area contributed by atoms with Crippen LogP contribution in [0.1, 0.15) is 5.69 Å². The molecule has 0 atom stereocenters. The van der Waals surface area contributed by atoms with Crippen molar-refractivity contribution >= 4 is 22.2 Å². The molecule has 0 fully saturated rings. The van der Waals surface area contributed by atoms with E-state index in [1.807, 2.05) is 23.6 Å². The molecule has 94 valence electrons. The van der Waals surface area contributed by atoms with E-state index in [0.29, 0.717) is 6.54 Å². The summed E-state index contributed by atoms with van der Waals surface area (Å²) in [5.41, 5.74) is 7.45. The van der Waals surface area contributed by atoms with E-state index in [1.165, 1.54) is 0 Å². The van der Waals surface area contributed by atoms with E-state index in [9.17, 15) is 0 Å². The number of nitrogens with zero attached hydrogens (tertiary/aromatic N) is 1. The summed E-state index contributed by atoms with van der Waals surface area (Å²) in [5.74, 6) is 1.54. The predicted octanol–water partition coefficient (Wildman–Crippen LogP) is 2.12. The molecule has 3 rings (SSSR count). The van der Waals surface area contributed by atoms with Gasteiger partial charge >= 0.3 is 0 Å². The summed E-state index contributed by atoms with van der Waals surface area (Å²) in [6.45, 7) is 0.907. The maximum absolute atomic E-state index is 5.50. The van der Waals surface area contributed by atoms with E-state index in [2.05, 4.69) is 10.3 Å². The Balaban J connectivity index is 1.75. The molecule has 2 aromatic rings. The van der Waals surface area contributed by atoms with E-state index in [4.69, 9.17) is 15.2 Å². The highest BCUT2D eigenvalue weighted by atomic mass is 32.1. The summed E-state index contributed by atoms with van der Waals surface area (Å²) < 4.78 is 10.6. The zero-order chi connectivity index (χ0) is 12.4. The number of nitrogens with two attached hydrogens (primary N) is 1. The molecule has 0 aliphatic carbocycles. The summed E-state index contributed by atoms with van der Waals surface area (Å²) in [6.07, 6.45) is 0.805. The lowest BCUT2D eigenvalue weighted by Crippen LogP contribution is -2.02. The number of aromatic nitrogens is 1. The molecule has 0 saturated heterocycles. The van der Waals surface area contributed by atoms with Gasteiger partial charge in [0, 0.05) is 23.6 Å². The fourth-order valence-electron chi connectivity index (χ4n) is 1.72. The van der Waals surface area contributed by atoms with Crippen LogP contribution in [-0.2, 0) is 6.42 Å². The van der Waals surface area contributed by atoms with Gasteiger partial charge in [-0.3, -0.25) is 0 Å². The molecule has 0 bridgehead atoms. The predicted molar refractivity (Wildman–Crippen MR) is 70.7 cm³/mol. The van der Waals surface area contributed by atoms with Crippen molar-refractivity contribution in [3.63, 3.8) is 0 Å². The van der Waals surface area contributed by atoms with Gasteiger partial charge in [-0.25, -0.2) is 4.98 Å². The summed E-state index contributed by atoms with van der Waals surface area (Å²) in [6, 6.07) is 5.74. The van der Waals surface area contributed by atoms with Crippen LogP contribution in [0.25, 0.3) is 0 Å². The van der Waals surface area contributed by atoms with Crippen LogP contribution in [-0.4, -0.2) is 18.3 Å². The molecular formula is C12H13N3O2S. The van der Waals surface area contributed by atoms with Gasteiger partial charge in [0.25, 0.3) is 0 Å². The highest BCUT2D eigenvalue weighted by molar-refractivity contribution is 7.13. The van der Waals surface area contributed by atoms with Crippen LogP contribution in [0, 0.1) is 0 Å². The average Bonchev–Trinajstić information content (AvgIpc) is 2.98. The first-order valence-corrected chi connectivity index (χ1v) is 6.54. The van der Waals surface area contributed by atoms with Crippen LogP contribution >= 0.6 is 11.3 Å². The molecule has 0 amide bonds. The SMILES string of the molecule is NCCc1csc(Nc2ccc3c(c2)OCO3)n1. The van der Waals surface area contributed by atoms with E-state index >= 15 is 0 Å². The topological polar surface area (TPSA) is 69.4 Å². The van der Waals surface area contributed by atoms with E-state index in [1.54, 1.807) is 11.3 Å². The van der Waals surface area contributed by atoms with Crippen LogP contribution < -0.4 is 20.5 Å². The summed E-state index contributed by atoms with van der Waals surface area (Å²) in [7, 11) is 0. The Morgan fingerprint density at radius 1 is 1.33 bits per heavy atom. The molecular weight excluding hydrogens is 250 g/mol. The van der Waals surface area contributed by atoms with Crippen LogP contribution in [0.5, 0.6) is 11.5 Å². The number of hydrogen-bond donors (Lipinski definition) is 2. The second-order valence-electron chi connectivity index (χ2n) is 3.88. The minimum absolute atomic E-state index is 0.288. The number of fused-ring (bicyclic) bond motifs is 1. The number of nitrogens with one attached hydrogen (secondary N) is 1. The third-order valence-electron chi connectivity index (χ3n) is 2.58. The molecule has 1 aromatic heterocycles. The van der Waals surface area contributed by atoms with Gasteiger partial charge in [-0.05, 0) is 18.7 Å². The van der Waals surface area contributed by atoms with Crippen LogP contribution in [0.3, 0.4) is 0 Å². The Kier molecular flexibility index (Phi) is 3.04. The molecule has 0 radical (unpaired) electrons. The van der Waals surface area contributed by atoms with Gasteiger partial charge < -0.3 is 20.5 Å². The second kappa shape index (κ2) is 4.83. The second-order valence-corrected chi connectivity index (χ2v) is 4.73. The van der Waals surface area contributed by atoms with E-state index < -0.39 is 0 Å².